The zero-order valence-electron chi connectivity index (χ0n) is 12.4. The molecular formula is C16H18N2O3. The van der Waals surface area contributed by atoms with Gasteiger partial charge in [-0.2, -0.15) is 0 Å². The molecule has 0 spiro atoms. The van der Waals surface area contributed by atoms with Gasteiger partial charge in [0.1, 0.15) is 0 Å². The highest BCUT2D eigenvalue weighted by Gasteiger charge is 2.15. The first kappa shape index (κ1) is 14.8. The molecule has 1 heterocycles. The number of carbonyl (C=O) groups excluding carboxylic acids is 1. The lowest BCUT2D eigenvalue weighted by molar-refractivity contribution is 0.0784. The van der Waals surface area contributed by atoms with E-state index in [1.54, 1.807) is 56.8 Å². The van der Waals surface area contributed by atoms with Crippen LogP contribution in [0.4, 0.5) is 0 Å². The quantitative estimate of drug-likeness (QED) is 0.846. The van der Waals surface area contributed by atoms with Crippen LogP contribution in [0.15, 0.2) is 42.7 Å². The van der Waals surface area contributed by atoms with Crippen molar-refractivity contribution < 1.29 is 14.3 Å². The monoisotopic (exact) mass is 286 g/mol. The predicted octanol–water partition coefficient (Wildman–Crippen LogP) is 2.37. The van der Waals surface area contributed by atoms with Gasteiger partial charge in [-0.05, 0) is 29.8 Å². The third-order valence-electron chi connectivity index (χ3n) is 3.12. The lowest BCUT2D eigenvalue weighted by atomic mass is 10.1. The summed E-state index contributed by atoms with van der Waals surface area (Å²) in [5, 5.41) is 0. The molecule has 2 rings (SSSR count). The molecule has 5 nitrogen and oxygen atoms in total. The van der Waals surface area contributed by atoms with Crippen LogP contribution in [0.1, 0.15) is 15.9 Å². The summed E-state index contributed by atoms with van der Waals surface area (Å²) in [5.41, 5.74) is 1.54. The fourth-order valence-corrected chi connectivity index (χ4v) is 2.03. The van der Waals surface area contributed by atoms with E-state index in [1.807, 2.05) is 12.1 Å². The first-order chi connectivity index (χ1) is 10.2. The highest BCUT2D eigenvalue weighted by Crippen LogP contribution is 2.28. The zero-order valence-corrected chi connectivity index (χ0v) is 12.4. The molecule has 0 saturated heterocycles. The second kappa shape index (κ2) is 6.74. The summed E-state index contributed by atoms with van der Waals surface area (Å²) in [5.74, 6) is 1.06. The number of nitrogens with zero attached hydrogens (tertiary/aromatic N) is 2. The Bertz CT molecular complexity index is 614. The van der Waals surface area contributed by atoms with Crippen LogP contribution in [0.3, 0.4) is 0 Å². The van der Waals surface area contributed by atoms with Crippen LogP contribution in [0.5, 0.6) is 11.5 Å². The molecule has 0 atom stereocenters. The van der Waals surface area contributed by atoms with E-state index in [9.17, 15) is 4.79 Å². The zero-order chi connectivity index (χ0) is 15.2. The minimum atomic E-state index is -0.0835. The normalized spacial score (nSPS) is 10.0. The van der Waals surface area contributed by atoms with Crippen molar-refractivity contribution in [3.05, 3.63) is 53.9 Å². The molecule has 2 aromatic rings. The van der Waals surface area contributed by atoms with Gasteiger partial charge in [0, 0.05) is 31.5 Å². The molecule has 0 aliphatic rings. The summed E-state index contributed by atoms with van der Waals surface area (Å²) in [4.78, 5) is 18.1. The minimum absolute atomic E-state index is 0.0835. The Hall–Kier alpha value is -2.56. The van der Waals surface area contributed by atoms with Gasteiger partial charge in [0.15, 0.2) is 11.5 Å². The Kier molecular flexibility index (Phi) is 4.77. The molecule has 1 amide bonds. The number of hydrogen-bond acceptors (Lipinski definition) is 4. The van der Waals surface area contributed by atoms with E-state index in [-0.39, 0.29) is 5.91 Å². The number of benzene rings is 1. The lowest BCUT2D eigenvalue weighted by Gasteiger charge is -2.18. The number of ether oxygens (including phenoxy) is 2. The molecule has 5 heteroatoms. The molecule has 1 aromatic heterocycles. The summed E-state index contributed by atoms with van der Waals surface area (Å²) >= 11 is 0. The largest absolute Gasteiger partial charge is 0.493 e. The summed E-state index contributed by atoms with van der Waals surface area (Å²) in [6.45, 7) is 0.501. The highest BCUT2D eigenvalue weighted by molar-refractivity contribution is 5.94. The molecule has 0 aliphatic heterocycles. The van der Waals surface area contributed by atoms with E-state index in [2.05, 4.69) is 4.98 Å². The van der Waals surface area contributed by atoms with Gasteiger partial charge in [0.05, 0.1) is 14.2 Å². The Labute approximate surface area is 124 Å². The van der Waals surface area contributed by atoms with Gasteiger partial charge in [-0.15, -0.1) is 0 Å². The van der Waals surface area contributed by atoms with Crippen LogP contribution in [0.2, 0.25) is 0 Å². The average Bonchev–Trinajstić information content (AvgIpc) is 2.54. The molecule has 0 fully saturated rings. The minimum Gasteiger partial charge on any atom is -0.493 e. The standard InChI is InChI=1S/C16H18N2O3/c1-18(11-12-5-4-8-17-10-12)16(19)13-6-7-14(20-2)15(9-13)21-3/h4-10H,11H2,1-3H3. The van der Waals surface area contributed by atoms with Crippen molar-refractivity contribution in [2.24, 2.45) is 0 Å². The summed E-state index contributed by atoms with van der Waals surface area (Å²) in [6.07, 6.45) is 3.46. The topological polar surface area (TPSA) is 51.7 Å². The van der Waals surface area contributed by atoms with Crippen LogP contribution in [-0.4, -0.2) is 37.1 Å². The maximum atomic E-state index is 12.4. The van der Waals surface area contributed by atoms with Crippen molar-refractivity contribution >= 4 is 5.91 Å². The van der Waals surface area contributed by atoms with Crippen molar-refractivity contribution in [1.82, 2.24) is 9.88 Å². The third-order valence-corrected chi connectivity index (χ3v) is 3.12. The molecule has 0 radical (unpaired) electrons. The van der Waals surface area contributed by atoms with E-state index < -0.39 is 0 Å². The number of aromatic nitrogens is 1. The van der Waals surface area contributed by atoms with Crippen LogP contribution >= 0.6 is 0 Å². The molecule has 0 N–H and O–H groups in total. The molecular weight excluding hydrogens is 268 g/mol. The summed E-state index contributed by atoms with van der Waals surface area (Å²) in [6, 6.07) is 8.92. The Balaban J connectivity index is 2.15. The van der Waals surface area contributed by atoms with Crippen LogP contribution < -0.4 is 9.47 Å². The van der Waals surface area contributed by atoms with Crippen LogP contribution in [0, 0.1) is 0 Å². The fourth-order valence-electron chi connectivity index (χ4n) is 2.03. The number of pyridine rings is 1. The molecule has 0 saturated carbocycles. The first-order valence-electron chi connectivity index (χ1n) is 6.52. The van der Waals surface area contributed by atoms with Gasteiger partial charge in [0.2, 0.25) is 0 Å². The van der Waals surface area contributed by atoms with E-state index in [4.69, 9.17) is 9.47 Å². The second-order valence-electron chi connectivity index (χ2n) is 4.59. The molecule has 0 aliphatic carbocycles. The van der Waals surface area contributed by atoms with Gasteiger partial charge >= 0.3 is 0 Å². The smallest absolute Gasteiger partial charge is 0.254 e. The maximum Gasteiger partial charge on any atom is 0.254 e. The fraction of sp³-hybridized carbons (Fsp3) is 0.250. The van der Waals surface area contributed by atoms with E-state index in [0.29, 0.717) is 23.6 Å². The first-order valence-corrected chi connectivity index (χ1v) is 6.52. The van der Waals surface area contributed by atoms with Crippen LogP contribution in [0.25, 0.3) is 0 Å². The van der Waals surface area contributed by atoms with Gasteiger partial charge in [-0.3, -0.25) is 9.78 Å². The molecule has 110 valence electrons. The van der Waals surface area contributed by atoms with Crippen molar-refractivity contribution in [3.63, 3.8) is 0 Å². The second-order valence-corrected chi connectivity index (χ2v) is 4.59. The lowest BCUT2D eigenvalue weighted by Crippen LogP contribution is -2.26. The van der Waals surface area contributed by atoms with E-state index in [1.165, 1.54) is 0 Å². The highest BCUT2D eigenvalue weighted by atomic mass is 16.5. The number of methoxy groups -OCH3 is 2. The van der Waals surface area contributed by atoms with Gasteiger partial charge in [0.25, 0.3) is 5.91 Å². The van der Waals surface area contributed by atoms with E-state index >= 15 is 0 Å². The third kappa shape index (κ3) is 3.51. The predicted molar refractivity (Wildman–Crippen MR) is 79.6 cm³/mol. The van der Waals surface area contributed by atoms with Crippen LogP contribution in [-0.2, 0) is 6.54 Å². The summed E-state index contributed by atoms with van der Waals surface area (Å²) in [7, 11) is 4.87. The van der Waals surface area contributed by atoms with Gasteiger partial charge in [-0.25, -0.2) is 0 Å². The number of carbonyl (C=O) groups is 1. The van der Waals surface area contributed by atoms with Crippen molar-refractivity contribution in [2.75, 3.05) is 21.3 Å². The number of hydrogen-bond donors (Lipinski definition) is 0. The Morgan fingerprint density at radius 2 is 1.95 bits per heavy atom. The van der Waals surface area contributed by atoms with Gasteiger partial charge < -0.3 is 14.4 Å². The van der Waals surface area contributed by atoms with E-state index in [0.717, 1.165) is 5.56 Å². The Morgan fingerprint density at radius 1 is 1.19 bits per heavy atom. The molecule has 1 aromatic carbocycles. The molecule has 0 unspecified atom stereocenters. The van der Waals surface area contributed by atoms with Gasteiger partial charge in [-0.1, -0.05) is 6.07 Å². The van der Waals surface area contributed by atoms with Crippen molar-refractivity contribution in [1.29, 1.82) is 0 Å². The van der Waals surface area contributed by atoms with Crippen molar-refractivity contribution in [3.8, 4) is 11.5 Å². The molecule has 0 bridgehead atoms. The van der Waals surface area contributed by atoms with Crippen molar-refractivity contribution in [2.45, 2.75) is 6.54 Å². The number of amides is 1. The Morgan fingerprint density at radius 3 is 2.57 bits per heavy atom. The average molecular weight is 286 g/mol. The maximum absolute atomic E-state index is 12.4. The summed E-state index contributed by atoms with van der Waals surface area (Å²) < 4.78 is 10.4. The number of rotatable bonds is 5. The molecule has 21 heavy (non-hydrogen) atoms. The SMILES string of the molecule is COc1ccc(C(=O)N(C)Cc2cccnc2)cc1OC.